The highest BCUT2D eigenvalue weighted by Crippen LogP contribution is 2.18. The second kappa shape index (κ2) is 7.57. The van der Waals surface area contributed by atoms with Gasteiger partial charge < -0.3 is 0 Å². The van der Waals surface area contributed by atoms with Crippen molar-refractivity contribution in [2.24, 2.45) is 7.05 Å². The van der Waals surface area contributed by atoms with Crippen LogP contribution in [0.25, 0.3) is 0 Å². The summed E-state index contributed by atoms with van der Waals surface area (Å²) in [7, 11) is 1.97. The van der Waals surface area contributed by atoms with Crippen molar-refractivity contribution >= 4 is 11.3 Å². The first-order chi connectivity index (χ1) is 11.2. The normalized spacial score (nSPS) is 11.3. The third-order valence-electron chi connectivity index (χ3n) is 3.90. The van der Waals surface area contributed by atoms with E-state index >= 15 is 0 Å². The van der Waals surface area contributed by atoms with Gasteiger partial charge in [0.15, 0.2) is 0 Å². The predicted octanol–water partition coefficient (Wildman–Crippen LogP) is 4.03. The van der Waals surface area contributed by atoms with Gasteiger partial charge in [0.2, 0.25) is 0 Å². The van der Waals surface area contributed by atoms with Gasteiger partial charge >= 0.3 is 0 Å². The van der Waals surface area contributed by atoms with E-state index in [4.69, 9.17) is 0 Å². The van der Waals surface area contributed by atoms with Crippen molar-refractivity contribution in [1.82, 2.24) is 14.7 Å². The number of thiophene rings is 1. The molecule has 0 fully saturated rings. The van der Waals surface area contributed by atoms with Crippen molar-refractivity contribution in [3.63, 3.8) is 0 Å². The Bertz CT molecular complexity index is 688. The van der Waals surface area contributed by atoms with Gasteiger partial charge in [-0.2, -0.15) is 5.10 Å². The molecule has 4 heteroatoms. The van der Waals surface area contributed by atoms with E-state index in [1.54, 1.807) is 0 Å². The van der Waals surface area contributed by atoms with Crippen molar-refractivity contribution in [3.05, 3.63) is 75.7 Å². The summed E-state index contributed by atoms with van der Waals surface area (Å²) in [6.45, 7) is 5.16. The van der Waals surface area contributed by atoms with Crippen LogP contribution < -0.4 is 0 Å². The molecule has 0 bridgehead atoms. The summed E-state index contributed by atoms with van der Waals surface area (Å²) in [6.07, 6.45) is 5.15. The zero-order chi connectivity index (χ0) is 16.1. The Morgan fingerprint density at radius 2 is 1.87 bits per heavy atom. The fraction of sp³-hybridized carbons (Fsp3) is 0.316. The first-order valence-electron chi connectivity index (χ1n) is 7.98. The molecule has 0 aliphatic rings. The van der Waals surface area contributed by atoms with Crippen molar-refractivity contribution < 1.29 is 0 Å². The Hall–Kier alpha value is -1.91. The van der Waals surface area contributed by atoms with E-state index in [1.807, 2.05) is 29.3 Å². The Kier molecular flexibility index (Phi) is 5.26. The fourth-order valence-electron chi connectivity index (χ4n) is 2.75. The molecule has 0 spiro atoms. The summed E-state index contributed by atoms with van der Waals surface area (Å²) >= 11 is 1.89. The van der Waals surface area contributed by atoms with E-state index in [0.717, 1.165) is 26.1 Å². The molecular weight excluding hydrogens is 302 g/mol. The van der Waals surface area contributed by atoms with Crippen LogP contribution in [0, 0.1) is 6.92 Å². The van der Waals surface area contributed by atoms with Crippen LogP contribution in [0.15, 0.2) is 54.9 Å². The Morgan fingerprint density at radius 3 is 2.52 bits per heavy atom. The molecule has 0 saturated heterocycles. The summed E-state index contributed by atoms with van der Waals surface area (Å²) in [4.78, 5) is 5.32. The smallest absolute Gasteiger partial charge is 0.0534 e. The highest BCUT2D eigenvalue weighted by molar-refractivity contribution is 7.11. The number of hydrogen-bond acceptors (Lipinski definition) is 3. The molecule has 120 valence electrons. The average molecular weight is 325 g/mol. The van der Waals surface area contributed by atoms with Gasteiger partial charge in [-0.15, -0.1) is 11.3 Å². The molecule has 1 aromatic carbocycles. The van der Waals surface area contributed by atoms with Crippen LogP contribution in [0.1, 0.15) is 20.9 Å². The number of benzene rings is 1. The highest BCUT2D eigenvalue weighted by atomic mass is 32.1. The van der Waals surface area contributed by atoms with E-state index in [2.05, 4.69) is 65.6 Å². The lowest BCUT2D eigenvalue weighted by Crippen LogP contribution is -2.24. The summed E-state index contributed by atoms with van der Waals surface area (Å²) in [5, 5.41) is 4.29. The lowest BCUT2D eigenvalue weighted by molar-refractivity contribution is 0.262. The number of aromatic nitrogens is 2. The first kappa shape index (κ1) is 16.0. The maximum Gasteiger partial charge on any atom is 0.0534 e. The second-order valence-corrected chi connectivity index (χ2v) is 7.35. The van der Waals surface area contributed by atoms with E-state index < -0.39 is 0 Å². The molecule has 0 aliphatic heterocycles. The van der Waals surface area contributed by atoms with Crippen molar-refractivity contribution in [2.45, 2.75) is 26.4 Å². The van der Waals surface area contributed by atoms with Gasteiger partial charge in [-0.3, -0.25) is 9.58 Å². The fourth-order valence-corrected chi connectivity index (χ4v) is 3.68. The van der Waals surface area contributed by atoms with Gasteiger partial charge in [-0.25, -0.2) is 0 Å². The van der Waals surface area contributed by atoms with E-state index in [1.165, 1.54) is 20.9 Å². The summed E-state index contributed by atoms with van der Waals surface area (Å²) in [5.41, 5.74) is 2.67. The minimum absolute atomic E-state index is 0.942. The Labute approximate surface area is 142 Å². The first-order valence-corrected chi connectivity index (χ1v) is 8.80. The monoisotopic (exact) mass is 325 g/mol. The van der Waals surface area contributed by atoms with Gasteiger partial charge in [0, 0.05) is 48.2 Å². The van der Waals surface area contributed by atoms with Crippen LogP contribution in [-0.4, -0.2) is 21.2 Å². The molecule has 3 aromatic rings. The molecular formula is C19H23N3S. The van der Waals surface area contributed by atoms with Crippen LogP contribution in [0.3, 0.4) is 0 Å². The molecule has 3 nitrogen and oxygen atoms in total. The zero-order valence-electron chi connectivity index (χ0n) is 13.8. The maximum atomic E-state index is 4.29. The molecule has 0 unspecified atom stereocenters. The minimum atomic E-state index is 0.942. The molecule has 0 saturated carbocycles. The van der Waals surface area contributed by atoms with E-state index in [0.29, 0.717) is 0 Å². The van der Waals surface area contributed by atoms with Crippen LogP contribution in [0.2, 0.25) is 0 Å². The van der Waals surface area contributed by atoms with Crippen LogP contribution in [-0.2, 0) is 26.6 Å². The highest BCUT2D eigenvalue weighted by Gasteiger charge is 2.10. The standard InChI is InChI=1S/C19H23N3S/c1-16-8-9-19(23-16)15-22(14-18-12-20-21(2)13-18)11-10-17-6-4-3-5-7-17/h3-9,12-13H,10-11,14-15H2,1-2H3. The summed E-state index contributed by atoms with van der Waals surface area (Å²) < 4.78 is 1.87. The third-order valence-corrected chi connectivity index (χ3v) is 4.88. The third kappa shape index (κ3) is 4.78. The van der Waals surface area contributed by atoms with Crippen molar-refractivity contribution in [2.75, 3.05) is 6.54 Å². The second-order valence-electron chi connectivity index (χ2n) is 5.98. The summed E-state index contributed by atoms with van der Waals surface area (Å²) in [5.74, 6) is 0. The average Bonchev–Trinajstić information content (AvgIpc) is 3.14. The van der Waals surface area contributed by atoms with Crippen molar-refractivity contribution in [3.8, 4) is 0 Å². The SMILES string of the molecule is Cc1ccc(CN(CCc2ccccc2)Cc2cnn(C)c2)s1. The van der Waals surface area contributed by atoms with Crippen LogP contribution in [0.5, 0.6) is 0 Å². The molecule has 23 heavy (non-hydrogen) atoms. The lowest BCUT2D eigenvalue weighted by atomic mass is 10.1. The largest absolute Gasteiger partial charge is 0.294 e. The topological polar surface area (TPSA) is 21.1 Å². The number of rotatable bonds is 7. The van der Waals surface area contributed by atoms with Gasteiger partial charge in [0.25, 0.3) is 0 Å². The molecule has 0 N–H and O–H groups in total. The molecule has 0 radical (unpaired) electrons. The zero-order valence-corrected chi connectivity index (χ0v) is 14.6. The van der Waals surface area contributed by atoms with E-state index in [9.17, 15) is 0 Å². The predicted molar refractivity (Wildman–Crippen MR) is 96.5 cm³/mol. The molecule has 0 aliphatic carbocycles. The lowest BCUT2D eigenvalue weighted by Gasteiger charge is -2.21. The molecule has 3 rings (SSSR count). The number of hydrogen-bond donors (Lipinski definition) is 0. The molecule has 2 heterocycles. The van der Waals surface area contributed by atoms with Crippen LogP contribution in [0.4, 0.5) is 0 Å². The van der Waals surface area contributed by atoms with Gasteiger partial charge in [0.1, 0.15) is 0 Å². The number of aryl methyl sites for hydroxylation is 2. The van der Waals surface area contributed by atoms with E-state index in [-0.39, 0.29) is 0 Å². The van der Waals surface area contributed by atoms with Crippen LogP contribution >= 0.6 is 11.3 Å². The van der Waals surface area contributed by atoms with Gasteiger partial charge in [-0.05, 0) is 31.0 Å². The Balaban J connectivity index is 1.67. The van der Waals surface area contributed by atoms with Gasteiger partial charge in [-0.1, -0.05) is 30.3 Å². The minimum Gasteiger partial charge on any atom is -0.294 e. The molecule has 0 atom stereocenters. The maximum absolute atomic E-state index is 4.29. The van der Waals surface area contributed by atoms with Gasteiger partial charge in [0.05, 0.1) is 6.20 Å². The summed E-state index contributed by atoms with van der Waals surface area (Å²) in [6, 6.07) is 15.2. The molecule has 2 aromatic heterocycles. The molecule has 0 amide bonds. The number of nitrogens with zero attached hydrogens (tertiary/aromatic N) is 3. The van der Waals surface area contributed by atoms with Crippen molar-refractivity contribution in [1.29, 1.82) is 0 Å². The quantitative estimate of drug-likeness (QED) is 0.654. The Morgan fingerprint density at radius 1 is 1.04 bits per heavy atom.